The van der Waals surface area contributed by atoms with Crippen LogP contribution in [-0.2, 0) is 6.42 Å². The number of halogens is 2. The van der Waals surface area contributed by atoms with Gasteiger partial charge in [0.05, 0.1) is 0 Å². The molecule has 1 aliphatic carbocycles. The zero-order valence-electron chi connectivity index (χ0n) is 17.8. The molecular formula is C25H38F2O. The molecule has 0 unspecified atom stereocenters. The van der Waals surface area contributed by atoms with E-state index < -0.39 is 6.11 Å². The zero-order chi connectivity index (χ0) is 20.2. The molecule has 28 heavy (non-hydrogen) atoms. The van der Waals surface area contributed by atoms with Crippen molar-refractivity contribution in [2.45, 2.75) is 97.0 Å². The normalized spacial score (nSPS) is 20.6. The summed E-state index contributed by atoms with van der Waals surface area (Å²) in [6.45, 7) is 4.42. The second-order valence-corrected chi connectivity index (χ2v) is 8.42. The van der Waals surface area contributed by atoms with E-state index in [4.69, 9.17) is 4.74 Å². The number of allylic oxidation sites excluding steroid dienone is 1. The lowest BCUT2D eigenvalue weighted by molar-refractivity contribution is -0.131. The van der Waals surface area contributed by atoms with Crippen LogP contribution in [0.4, 0.5) is 8.78 Å². The van der Waals surface area contributed by atoms with Gasteiger partial charge in [0.25, 0.3) is 0 Å². The predicted octanol–water partition coefficient (Wildman–Crippen LogP) is 8.33. The van der Waals surface area contributed by atoms with Crippen LogP contribution < -0.4 is 4.74 Å². The number of benzene rings is 1. The molecule has 1 aliphatic rings. The molecule has 1 fully saturated rings. The molecule has 0 bridgehead atoms. The van der Waals surface area contributed by atoms with Crippen LogP contribution in [0.2, 0.25) is 0 Å². The van der Waals surface area contributed by atoms with Crippen LogP contribution in [0.3, 0.4) is 0 Å². The molecule has 1 nitrogen and oxygen atoms in total. The van der Waals surface area contributed by atoms with Crippen molar-refractivity contribution in [1.82, 2.24) is 0 Å². The molecule has 158 valence electrons. The highest BCUT2D eigenvalue weighted by molar-refractivity contribution is 5.28. The lowest BCUT2D eigenvalue weighted by Crippen LogP contribution is -2.21. The highest BCUT2D eigenvalue weighted by Crippen LogP contribution is 2.34. The van der Waals surface area contributed by atoms with Gasteiger partial charge < -0.3 is 4.74 Å². The molecule has 0 aliphatic heterocycles. The van der Waals surface area contributed by atoms with Gasteiger partial charge in [-0.15, -0.1) is 0 Å². The summed E-state index contributed by atoms with van der Waals surface area (Å²) in [6.07, 6.45) is 13.3. The van der Waals surface area contributed by atoms with Gasteiger partial charge in [0.15, 0.2) is 0 Å². The van der Waals surface area contributed by atoms with Gasteiger partial charge in [-0.05, 0) is 55.2 Å². The van der Waals surface area contributed by atoms with Gasteiger partial charge in [-0.3, -0.25) is 0 Å². The summed E-state index contributed by atoms with van der Waals surface area (Å²) in [7, 11) is 0. The molecule has 0 N–H and O–H groups in total. The highest BCUT2D eigenvalue weighted by Gasteiger charge is 2.27. The molecule has 0 radical (unpaired) electrons. The third-order valence-corrected chi connectivity index (χ3v) is 5.96. The average Bonchev–Trinajstić information content (AvgIpc) is 2.68. The van der Waals surface area contributed by atoms with E-state index in [1.165, 1.54) is 56.9 Å². The Labute approximate surface area is 170 Å². The monoisotopic (exact) mass is 392 g/mol. The van der Waals surface area contributed by atoms with Gasteiger partial charge in [-0.25, -0.2) is 0 Å². The van der Waals surface area contributed by atoms with Crippen molar-refractivity contribution in [1.29, 1.82) is 0 Å². The number of ether oxygens (including phenoxy) is 1. The van der Waals surface area contributed by atoms with Gasteiger partial charge in [-0.2, -0.15) is 8.78 Å². The van der Waals surface area contributed by atoms with E-state index >= 15 is 0 Å². The van der Waals surface area contributed by atoms with Crippen LogP contribution in [0.15, 0.2) is 36.4 Å². The van der Waals surface area contributed by atoms with E-state index in [-0.39, 0.29) is 5.75 Å². The van der Waals surface area contributed by atoms with E-state index in [0.717, 1.165) is 31.3 Å². The zero-order valence-corrected chi connectivity index (χ0v) is 17.8. The summed E-state index contributed by atoms with van der Waals surface area (Å²) >= 11 is 0. The standard InChI is InChI=1S/C25H38F2O/c1-3-5-6-10-23-16-18-24(19-17-23)28-25(26,27)20-8-7-11-22-14-12-21(9-4-2)13-15-22/h8,16-22H,3-7,9-15H2,1-2H3. The van der Waals surface area contributed by atoms with Crippen molar-refractivity contribution in [2.24, 2.45) is 11.8 Å². The summed E-state index contributed by atoms with van der Waals surface area (Å²) in [4.78, 5) is 0. The van der Waals surface area contributed by atoms with E-state index in [2.05, 4.69) is 13.8 Å². The molecular weight excluding hydrogens is 354 g/mol. The quantitative estimate of drug-likeness (QED) is 0.256. The Hall–Kier alpha value is -1.38. The molecule has 1 saturated carbocycles. The Morgan fingerprint density at radius 2 is 1.57 bits per heavy atom. The topological polar surface area (TPSA) is 9.23 Å². The van der Waals surface area contributed by atoms with Gasteiger partial charge in [-0.1, -0.05) is 83.4 Å². The first kappa shape index (κ1) is 22.9. The maximum atomic E-state index is 14.1. The van der Waals surface area contributed by atoms with Crippen LogP contribution in [0.5, 0.6) is 5.75 Å². The van der Waals surface area contributed by atoms with E-state index in [1.807, 2.05) is 12.1 Å². The molecule has 1 aromatic carbocycles. The molecule has 0 saturated heterocycles. The lowest BCUT2D eigenvalue weighted by atomic mass is 9.78. The largest absolute Gasteiger partial charge is 0.429 e. The van der Waals surface area contributed by atoms with Crippen LogP contribution in [0, 0.1) is 11.8 Å². The van der Waals surface area contributed by atoms with Gasteiger partial charge in [0, 0.05) is 6.08 Å². The summed E-state index contributed by atoms with van der Waals surface area (Å²) in [5.74, 6) is 1.82. The van der Waals surface area contributed by atoms with Gasteiger partial charge >= 0.3 is 6.11 Å². The van der Waals surface area contributed by atoms with Crippen molar-refractivity contribution >= 4 is 0 Å². The third kappa shape index (κ3) is 8.75. The summed E-state index contributed by atoms with van der Waals surface area (Å²) < 4.78 is 33.0. The second-order valence-electron chi connectivity index (χ2n) is 8.42. The number of rotatable bonds is 12. The number of hydrogen-bond donors (Lipinski definition) is 0. The fraction of sp³-hybridized carbons (Fsp3) is 0.680. The predicted molar refractivity (Wildman–Crippen MR) is 114 cm³/mol. The van der Waals surface area contributed by atoms with Crippen LogP contribution >= 0.6 is 0 Å². The van der Waals surface area contributed by atoms with Crippen LogP contribution in [0.1, 0.15) is 90.0 Å². The van der Waals surface area contributed by atoms with E-state index in [1.54, 1.807) is 18.2 Å². The minimum absolute atomic E-state index is 0.225. The van der Waals surface area contributed by atoms with E-state index in [9.17, 15) is 8.78 Å². The van der Waals surface area contributed by atoms with Crippen molar-refractivity contribution in [3.63, 3.8) is 0 Å². The average molecular weight is 393 g/mol. The Balaban J connectivity index is 1.69. The molecule has 0 amide bonds. The summed E-state index contributed by atoms with van der Waals surface area (Å²) in [5.41, 5.74) is 1.17. The van der Waals surface area contributed by atoms with E-state index in [0.29, 0.717) is 12.3 Å². The highest BCUT2D eigenvalue weighted by atomic mass is 19.3. The maximum Gasteiger partial charge on any atom is 0.419 e. The smallest absolute Gasteiger partial charge is 0.419 e. The van der Waals surface area contributed by atoms with Crippen molar-refractivity contribution < 1.29 is 13.5 Å². The minimum Gasteiger partial charge on any atom is -0.429 e. The Kier molecular flexibility index (Phi) is 10.0. The minimum atomic E-state index is -3.25. The molecule has 0 spiro atoms. The lowest BCUT2D eigenvalue weighted by Gasteiger charge is -2.28. The Morgan fingerprint density at radius 3 is 2.18 bits per heavy atom. The first-order chi connectivity index (χ1) is 13.5. The summed E-state index contributed by atoms with van der Waals surface area (Å²) in [6, 6.07) is 7.08. The second kappa shape index (κ2) is 12.2. The Morgan fingerprint density at radius 1 is 0.929 bits per heavy atom. The molecule has 0 aromatic heterocycles. The van der Waals surface area contributed by atoms with Crippen molar-refractivity contribution in [3.8, 4) is 5.75 Å². The molecule has 2 rings (SSSR count). The molecule has 0 heterocycles. The first-order valence-electron chi connectivity index (χ1n) is 11.4. The fourth-order valence-electron chi connectivity index (χ4n) is 4.26. The maximum absolute atomic E-state index is 14.1. The number of hydrogen-bond acceptors (Lipinski definition) is 1. The third-order valence-electron chi connectivity index (χ3n) is 5.96. The molecule has 0 atom stereocenters. The van der Waals surface area contributed by atoms with Gasteiger partial charge in [0.1, 0.15) is 5.75 Å². The summed E-state index contributed by atoms with van der Waals surface area (Å²) in [5, 5.41) is 0. The first-order valence-corrected chi connectivity index (χ1v) is 11.4. The number of aryl methyl sites for hydroxylation is 1. The van der Waals surface area contributed by atoms with Crippen LogP contribution in [0.25, 0.3) is 0 Å². The molecule has 3 heteroatoms. The van der Waals surface area contributed by atoms with Gasteiger partial charge in [0.2, 0.25) is 0 Å². The fourth-order valence-corrected chi connectivity index (χ4v) is 4.26. The van der Waals surface area contributed by atoms with Crippen LogP contribution in [-0.4, -0.2) is 6.11 Å². The van der Waals surface area contributed by atoms with Crippen molar-refractivity contribution in [2.75, 3.05) is 0 Å². The van der Waals surface area contributed by atoms with Crippen molar-refractivity contribution in [3.05, 3.63) is 42.0 Å². The SMILES string of the molecule is CCCCCc1ccc(OC(F)(F)C=CCCC2CCC(CCC)CC2)cc1. The Bertz CT molecular complexity index is 556. The number of alkyl halides is 2. The molecule has 1 aromatic rings. The number of unbranched alkanes of at least 4 members (excludes halogenated alkanes) is 2.